The Balaban J connectivity index is 1.42. The summed E-state index contributed by atoms with van der Waals surface area (Å²) in [5.74, 6) is 0.426. The summed E-state index contributed by atoms with van der Waals surface area (Å²) in [6, 6.07) is 14.2. The average Bonchev–Trinajstić information content (AvgIpc) is 3.34. The fraction of sp³-hybridized carbons (Fsp3) is 0.190. The Morgan fingerprint density at radius 3 is 2.79 bits per heavy atom. The summed E-state index contributed by atoms with van der Waals surface area (Å²) in [4.78, 5) is 16.0. The Hall–Kier alpha value is -2.64. The molecule has 0 radical (unpaired) electrons. The number of hydrogen-bond acceptors (Lipinski definition) is 6. The molecule has 7 heteroatoms. The highest BCUT2D eigenvalue weighted by molar-refractivity contribution is 8.01. The molecule has 0 saturated heterocycles. The smallest absolute Gasteiger partial charge is 0.210 e. The summed E-state index contributed by atoms with van der Waals surface area (Å²) in [5.41, 5.74) is 5.19. The van der Waals surface area contributed by atoms with E-state index in [-0.39, 0.29) is 5.78 Å². The first-order valence-electron chi connectivity index (χ1n) is 9.06. The molecule has 0 spiro atoms. The molecule has 0 fully saturated rings. The molecule has 2 aromatic heterocycles. The summed E-state index contributed by atoms with van der Waals surface area (Å²) in [5, 5.41) is 13.3. The van der Waals surface area contributed by atoms with Crippen LogP contribution in [0, 0.1) is 6.92 Å². The van der Waals surface area contributed by atoms with Crippen molar-refractivity contribution in [3.05, 3.63) is 65.4 Å². The quantitative estimate of drug-likeness (QED) is 0.307. The number of anilines is 2. The maximum Gasteiger partial charge on any atom is 0.210 e. The summed E-state index contributed by atoms with van der Waals surface area (Å²) in [7, 11) is 0. The number of aromatic amines is 1. The van der Waals surface area contributed by atoms with Crippen LogP contribution in [0.4, 0.5) is 10.8 Å². The van der Waals surface area contributed by atoms with Crippen molar-refractivity contribution < 1.29 is 4.79 Å². The van der Waals surface area contributed by atoms with Crippen molar-refractivity contribution in [1.82, 2.24) is 15.2 Å². The van der Waals surface area contributed by atoms with E-state index < -0.39 is 0 Å². The van der Waals surface area contributed by atoms with Gasteiger partial charge in [0.15, 0.2) is 10.1 Å². The highest BCUT2D eigenvalue weighted by Gasteiger charge is 2.15. The van der Waals surface area contributed by atoms with Crippen molar-refractivity contribution in [1.29, 1.82) is 0 Å². The molecule has 0 aliphatic rings. The van der Waals surface area contributed by atoms with E-state index in [0.717, 1.165) is 38.0 Å². The lowest BCUT2D eigenvalue weighted by Gasteiger charge is -2.01. The van der Waals surface area contributed by atoms with Crippen LogP contribution in [0.15, 0.2) is 53.0 Å². The van der Waals surface area contributed by atoms with Crippen molar-refractivity contribution in [3.8, 4) is 0 Å². The van der Waals surface area contributed by atoms with E-state index in [4.69, 9.17) is 0 Å². The van der Waals surface area contributed by atoms with Crippen LogP contribution in [0.5, 0.6) is 0 Å². The van der Waals surface area contributed by atoms with E-state index in [1.165, 1.54) is 34.2 Å². The van der Waals surface area contributed by atoms with Gasteiger partial charge in [-0.1, -0.05) is 65.9 Å². The van der Waals surface area contributed by atoms with E-state index in [9.17, 15) is 4.79 Å². The molecule has 0 amide bonds. The predicted molar refractivity (Wildman–Crippen MR) is 117 cm³/mol. The number of nitrogens with zero attached hydrogens (tertiary/aromatic N) is 2. The third kappa shape index (κ3) is 3.95. The van der Waals surface area contributed by atoms with Crippen molar-refractivity contribution >= 4 is 50.6 Å². The number of rotatable bonds is 7. The Morgan fingerprint density at radius 2 is 2.00 bits per heavy atom. The van der Waals surface area contributed by atoms with Gasteiger partial charge in [-0.25, -0.2) is 0 Å². The molecular formula is C21H20N4OS2. The van der Waals surface area contributed by atoms with Gasteiger partial charge in [0.1, 0.15) is 0 Å². The molecule has 28 heavy (non-hydrogen) atoms. The molecule has 2 heterocycles. The highest BCUT2D eigenvalue weighted by Crippen LogP contribution is 2.29. The average molecular weight is 409 g/mol. The van der Waals surface area contributed by atoms with Crippen molar-refractivity contribution in [2.45, 2.75) is 24.6 Å². The fourth-order valence-corrected chi connectivity index (χ4v) is 4.68. The number of carbonyl (C=O) groups is 1. The molecule has 0 bridgehead atoms. The Labute approximate surface area is 171 Å². The third-order valence-electron chi connectivity index (χ3n) is 4.52. The first-order chi connectivity index (χ1) is 13.6. The summed E-state index contributed by atoms with van der Waals surface area (Å²) < 4.78 is 0.775. The SMILES string of the molecule is CCc1cccc2c(C(=O)CSc3nnc(Nc4ccc(C)cc4)s3)c[nH]c12. The Morgan fingerprint density at radius 1 is 1.18 bits per heavy atom. The van der Waals surface area contributed by atoms with Crippen LogP contribution < -0.4 is 5.32 Å². The maximum atomic E-state index is 12.7. The van der Waals surface area contributed by atoms with Crippen LogP contribution in [0.2, 0.25) is 0 Å². The monoisotopic (exact) mass is 408 g/mol. The Kier molecular flexibility index (Phi) is 5.45. The number of aryl methyl sites for hydroxylation is 2. The summed E-state index contributed by atoms with van der Waals surface area (Å²) in [6.45, 7) is 4.17. The van der Waals surface area contributed by atoms with Gasteiger partial charge in [-0.15, -0.1) is 10.2 Å². The number of benzene rings is 2. The van der Waals surface area contributed by atoms with E-state index in [0.29, 0.717) is 5.75 Å². The van der Waals surface area contributed by atoms with Crippen molar-refractivity contribution in [3.63, 3.8) is 0 Å². The summed E-state index contributed by atoms with van der Waals surface area (Å²) in [6.07, 6.45) is 2.75. The molecule has 0 unspecified atom stereocenters. The predicted octanol–water partition coefficient (Wildman–Crippen LogP) is 5.61. The maximum absolute atomic E-state index is 12.7. The van der Waals surface area contributed by atoms with Gasteiger partial charge < -0.3 is 10.3 Å². The Bertz CT molecular complexity index is 1120. The fourth-order valence-electron chi connectivity index (χ4n) is 3.03. The number of ketones is 1. The summed E-state index contributed by atoms with van der Waals surface area (Å²) >= 11 is 2.87. The van der Waals surface area contributed by atoms with Gasteiger partial charge in [-0.05, 0) is 31.0 Å². The second kappa shape index (κ2) is 8.16. The van der Waals surface area contributed by atoms with Gasteiger partial charge in [0.2, 0.25) is 5.13 Å². The third-order valence-corrected chi connectivity index (χ3v) is 6.49. The molecular weight excluding hydrogens is 388 g/mol. The number of hydrogen-bond donors (Lipinski definition) is 2. The molecule has 142 valence electrons. The van der Waals surface area contributed by atoms with Crippen molar-refractivity contribution in [2.24, 2.45) is 0 Å². The van der Waals surface area contributed by atoms with Crippen LogP contribution in [0.25, 0.3) is 10.9 Å². The molecule has 5 nitrogen and oxygen atoms in total. The molecule has 0 aliphatic carbocycles. The van der Waals surface area contributed by atoms with Gasteiger partial charge in [0, 0.05) is 28.4 Å². The van der Waals surface area contributed by atoms with Crippen molar-refractivity contribution in [2.75, 3.05) is 11.1 Å². The number of aromatic nitrogens is 3. The van der Waals surface area contributed by atoms with Crippen LogP contribution in [-0.4, -0.2) is 26.7 Å². The second-order valence-corrected chi connectivity index (χ2v) is 8.67. The minimum Gasteiger partial charge on any atom is -0.360 e. The number of nitrogens with one attached hydrogen (secondary N) is 2. The highest BCUT2D eigenvalue weighted by atomic mass is 32.2. The van der Waals surface area contributed by atoms with Crippen LogP contribution >= 0.6 is 23.1 Å². The van der Waals surface area contributed by atoms with Crippen LogP contribution in [0.3, 0.4) is 0 Å². The molecule has 0 atom stereocenters. The molecule has 2 aromatic carbocycles. The number of H-pyrrole nitrogens is 1. The normalized spacial score (nSPS) is 11.1. The van der Waals surface area contributed by atoms with E-state index >= 15 is 0 Å². The van der Waals surface area contributed by atoms with Gasteiger partial charge in [-0.3, -0.25) is 4.79 Å². The molecule has 4 aromatic rings. The van der Waals surface area contributed by atoms with Crippen LogP contribution in [0.1, 0.15) is 28.4 Å². The van der Waals surface area contributed by atoms with Gasteiger partial charge in [0.05, 0.1) is 5.75 Å². The molecule has 0 saturated carbocycles. The lowest BCUT2D eigenvalue weighted by molar-refractivity contribution is 0.102. The number of para-hydroxylation sites is 1. The van der Waals surface area contributed by atoms with Gasteiger partial charge in [0.25, 0.3) is 0 Å². The van der Waals surface area contributed by atoms with Gasteiger partial charge in [-0.2, -0.15) is 0 Å². The lowest BCUT2D eigenvalue weighted by atomic mass is 10.1. The molecule has 4 rings (SSSR count). The van der Waals surface area contributed by atoms with Gasteiger partial charge >= 0.3 is 0 Å². The zero-order chi connectivity index (χ0) is 19.5. The van der Waals surface area contributed by atoms with E-state index in [2.05, 4.69) is 40.4 Å². The molecule has 2 N–H and O–H groups in total. The second-order valence-electron chi connectivity index (χ2n) is 6.47. The topological polar surface area (TPSA) is 70.7 Å². The standard InChI is InChI=1S/C21H20N4OS2/c1-3-14-5-4-6-16-17(11-22-19(14)16)18(26)12-27-21-25-24-20(28-21)23-15-9-7-13(2)8-10-15/h4-11,22H,3,12H2,1-2H3,(H,23,24). The largest absolute Gasteiger partial charge is 0.360 e. The van der Waals surface area contributed by atoms with E-state index in [1.807, 2.05) is 42.6 Å². The number of Topliss-reactive ketones (excluding diaryl/α,β-unsaturated/α-hetero) is 1. The first-order valence-corrected chi connectivity index (χ1v) is 10.9. The number of carbonyl (C=O) groups excluding carboxylic acids is 1. The zero-order valence-electron chi connectivity index (χ0n) is 15.7. The minimum atomic E-state index is 0.0905. The number of fused-ring (bicyclic) bond motifs is 1. The minimum absolute atomic E-state index is 0.0905. The lowest BCUT2D eigenvalue weighted by Crippen LogP contribution is -2.01. The van der Waals surface area contributed by atoms with Crippen LogP contribution in [-0.2, 0) is 6.42 Å². The number of thioether (sulfide) groups is 1. The molecule has 0 aliphatic heterocycles. The first kappa shape index (κ1) is 18.7. The van der Waals surface area contributed by atoms with E-state index in [1.54, 1.807) is 0 Å². The zero-order valence-corrected chi connectivity index (χ0v) is 17.3.